The van der Waals surface area contributed by atoms with Gasteiger partial charge in [-0.25, -0.2) is 8.42 Å². The molecular weight excluding hydrogens is 272 g/mol. The van der Waals surface area contributed by atoms with Crippen LogP contribution in [0.15, 0.2) is 17.0 Å². The Balaban J connectivity index is 2.33. The molecule has 0 amide bonds. The molecule has 1 aromatic carbocycles. The predicted molar refractivity (Wildman–Crippen MR) is 81.4 cm³/mol. The van der Waals surface area contributed by atoms with Gasteiger partial charge in [-0.3, -0.25) is 0 Å². The lowest BCUT2D eigenvalue weighted by molar-refractivity contribution is 0.450. The first-order valence-corrected chi connectivity index (χ1v) is 8.53. The van der Waals surface area contributed by atoms with Crippen LogP contribution in [-0.4, -0.2) is 39.4 Å². The summed E-state index contributed by atoms with van der Waals surface area (Å²) in [5.74, 6) is 0.417. The zero-order valence-corrected chi connectivity index (χ0v) is 13.5. The van der Waals surface area contributed by atoms with Crippen molar-refractivity contribution in [2.45, 2.75) is 32.1 Å². The third-order valence-corrected chi connectivity index (χ3v) is 6.12. The van der Waals surface area contributed by atoms with Gasteiger partial charge in [0.2, 0.25) is 10.0 Å². The van der Waals surface area contributed by atoms with E-state index in [2.05, 4.69) is 5.32 Å². The third-order valence-electron chi connectivity index (χ3n) is 3.94. The summed E-state index contributed by atoms with van der Waals surface area (Å²) in [5.41, 5.74) is 2.80. The van der Waals surface area contributed by atoms with Gasteiger partial charge >= 0.3 is 0 Å². The highest BCUT2D eigenvalue weighted by atomic mass is 32.2. The monoisotopic (exact) mass is 296 g/mol. The summed E-state index contributed by atoms with van der Waals surface area (Å²) < 4.78 is 27.3. The first-order chi connectivity index (χ1) is 9.36. The number of aryl methyl sites for hydroxylation is 3. The Morgan fingerprint density at radius 3 is 2.40 bits per heavy atom. The van der Waals surface area contributed by atoms with Gasteiger partial charge in [0, 0.05) is 13.1 Å². The van der Waals surface area contributed by atoms with E-state index in [4.69, 9.17) is 0 Å². The first-order valence-electron chi connectivity index (χ1n) is 7.09. The second-order valence-corrected chi connectivity index (χ2v) is 7.68. The summed E-state index contributed by atoms with van der Waals surface area (Å²) >= 11 is 0. The summed E-state index contributed by atoms with van der Waals surface area (Å²) in [6.07, 6.45) is 0.935. The van der Waals surface area contributed by atoms with Crippen molar-refractivity contribution in [2.75, 3.05) is 26.7 Å². The molecule has 1 heterocycles. The second-order valence-electron chi connectivity index (χ2n) is 5.80. The van der Waals surface area contributed by atoms with Crippen LogP contribution in [0.2, 0.25) is 0 Å². The molecule has 0 spiro atoms. The van der Waals surface area contributed by atoms with Crippen LogP contribution in [0.3, 0.4) is 0 Å². The van der Waals surface area contributed by atoms with Gasteiger partial charge in [-0.2, -0.15) is 4.31 Å². The van der Waals surface area contributed by atoms with Crippen molar-refractivity contribution in [1.82, 2.24) is 9.62 Å². The summed E-state index contributed by atoms with van der Waals surface area (Å²) in [5, 5.41) is 3.13. The standard InChI is InChI=1S/C15H24N2O2S/c1-11-7-12(2)15(13(3)8-11)20(18,19)17-6-5-14(10-17)9-16-4/h7-8,14,16H,5-6,9-10H2,1-4H3/t14-/m0/s1. The lowest BCUT2D eigenvalue weighted by atomic mass is 10.1. The molecule has 0 unspecified atom stereocenters. The molecule has 1 N–H and O–H groups in total. The predicted octanol–water partition coefficient (Wildman–Crippen LogP) is 1.84. The minimum absolute atomic E-state index is 0.417. The van der Waals surface area contributed by atoms with Gasteiger partial charge in [0.25, 0.3) is 0 Å². The number of benzene rings is 1. The van der Waals surface area contributed by atoms with Gasteiger partial charge in [0.1, 0.15) is 0 Å². The molecule has 1 atom stereocenters. The van der Waals surface area contributed by atoms with Crippen molar-refractivity contribution in [3.05, 3.63) is 28.8 Å². The zero-order valence-electron chi connectivity index (χ0n) is 12.7. The first kappa shape index (κ1) is 15.5. The van der Waals surface area contributed by atoms with E-state index in [-0.39, 0.29) is 0 Å². The Bertz CT molecular complexity index is 573. The third kappa shape index (κ3) is 2.90. The average Bonchev–Trinajstić information content (AvgIpc) is 2.76. The van der Waals surface area contributed by atoms with E-state index in [1.54, 1.807) is 4.31 Å². The van der Waals surface area contributed by atoms with Crippen LogP contribution in [0.4, 0.5) is 0 Å². The van der Waals surface area contributed by atoms with Crippen LogP contribution < -0.4 is 5.32 Å². The molecule has 1 fully saturated rings. The molecule has 0 saturated carbocycles. The Hall–Kier alpha value is -0.910. The summed E-state index contributed by atoms with van der Waals surface area (Å²) in [7, 11) is -1.45. The van der Waals surface area contributed by atoms with Gasteiger partial charge in [-0.1, -0.05) is 17.7 Å². The largest absolute Gasteiger partial charge is 0.319 e. The summed E-state index contributed by atoms with van der Waals surface area (Å²) in [4.78, 5) is 0.494. The van der Waals surface area contributed by atoms with Crippen LogP contribution in [-0.2, 0) is 10.0 Å². The van der Waals surface area contributed by atoms with Crippen molar-refractivity contribution in [1.29, 1.82) is 0 Å². The maximum absolute atomic E-state index is 12.8. The number of sulfonamides is 1. The summed E-state index contributed by atoms with van der Waals surface area (Å²) in [6.45, 7) is 7.88. The maximum atomic E-state index is 12.8. The molecule has 0 bridgehead atoms. The van der Waals surface area contributed by atoms with Gasteiger partial charge in [0.15, 0.2) is 0 Å². The number of hydrogen-bond donors (Lipinski definition) is 1. The Labute approximate surface area is 122 Å². The Morgan fingerprint density at radius 2 is 1.85 bits per heavy atom. The van der Waals surface area contributed by atoms with E-state index in [0.717, 1.165) is 29.7 Å². The molecule has 4 nitrogen and oxygen atoms in total. The lowest BCUT2D eigenvalue weighted by Crippen LogP contribution is -2.31. The van der Waals surface area contributed by atoms with Crippen LogP contribution in [0.5, 0.6) is 0 Å². The van der Waals surface area contributed by atoms with Crippen LogP contribution in [0.1, 0.15) is 23.1 Å². The lowest BCUT2D eigenvalue weighted by Gasteiger charge is -2.20. The van der Waals surface area contributed by atoms with Crippen molar-refractivity contribution in [3.8, 4) is 0 Å². The maximum Gasteiger partial charge on any atom is 0.243 e. The average molecular weight is 296 g/mol. The smallest absolute Gasteiger partial charge is 0.243 e. The van der Waals surface area contributed by atoms with E-state index in [9.17, 15) is 8.42 Å². The van der Waals surface area contributed by atoms with E-state index in [1.165, 1.54) is 0 Å². The fourth-order valence-corrected chi connectivity index (χ4v) is 5.12. The van der Waals surface area contributed by atoms with Crippen LogP contribution in [0, 0.1) is 26.7 Å². The van der Waals surface area contributed by atoms with Gasteiger partial charge in [0.05, 0.1) is 4.90 Å². The van der Waals surface area contributed by atoms with Crippen LogP contribution >= 0.6 is 0 Å². The fraction of sp³-hybridized carbons (Fsp3) is 0.600. The van der Waals surface area contributed by atoms with Gasteiger partial charge in [-0.15, -0.1) is 0 Å². The highest BCUT2D eigenvalue weighted by Gasteiger charge is 2.33. The number of nitrogens with zero attached hydrogens (tertiary/aromatic N) is 1. The number of rotatable bonds is 4. The normalized spacial score (nSPS) is 20.5. The number of hydrogen-bond acceptors (Lipinski definition) is 3. The molecular formula is C15H24N2O2S. The molecule has 5 heteroatoms. The quantitative estimate of drug-likeness (QED) is 0.922. The molecule has 20 heavy (non-hydrogen) atoms. The second kappa shape index (κ2) is 5.84. The molecule has 0 radical (unpaired) electrons. The molecule has 2 rings (SSSR count). The van der Waals surface area contributed by atoms with Gasteiger partial charge in [-0.05, 0) is 57.8 Å². The summed E-state index contributed by atoms with van der Waals surface area (Å²) in [6, 6.07) is 3.89. The highest BCUT2D eigenvalue weighted by molar-refractivity contribution is 7.89. The van der Waals surface area contributed by atoms with Crippen molar-refractivity contribution in [3.63, 3.8) is 0 Å². The van der Waals surface area contributed by atoms with Crippen molar-refractivity contribution >= 4 is 10.0 Å². The topological polar surface area (TPSA) is 49.4 Å². The fourth-order valence-electron chi connectivity index (χ4n) is 3.17. The van der Waals surface area contributed by atoms with Crippen LogP contribution in [0.25, 0.3) is 0 Å². The SMILES string of the molecule is CNC[C@@H]1CCN(S(=O)(=O)c2c(C)cc(C)cc2C)C1. The Morgan fingerprint density at radius 1 is 1.25 bits per heavy atom. The molecule has 0 aliphatic carbocycles. The number of nitrogens with one attached hydrogen (secondary N) is 1. The Kier molecular flexibility index (Phi) is 4.52. The van der Waals surface area contributed by atoms with Crippen molar-refractivity contribution < 1.29 is 8.42 Å². The van der Waals surface area contributed by atoms with E-state index < -0.39 is 10.0 Å². The minimum atomic E-state index is -3.36. The molecule has 1 aromatic rings. The molecule has 0 aromatic heterocycles. The molecule has 112 valence electrons. The minimum Gasteiger partial charge on any atom is -0.319 e. The van der Waals surface area contributed by atoms with E-state index in [0.29, 0.717) is 23.9 Å². The molecule has 1 saturated heterocycles. The van der Waals surface area contributed by atoms with Gasteiger partial charge < -0.3 is 5.32 Å². The van der Waals surface area contributed by atoms with E-state index >= 15 is 0 Å². The molecule has 1 aliphatic rings. The zero-order chi connectivity index (χ0) is 14.9. The highest BCUT2D eigenvalue weighted by Crippen LogP contribution is 2.29. The van der Waals surface area contributed by atoms with E-state index in [1.807, 2.05) is 40.0 Å². The van der Waals surface area contributed by atoms with Crippen molar-refractivity contribution in [2.24, 2.45) is 5.92 Å². The molecule has 1 aliphatic heterocycles.